The highest BCUT2D eigenvalue weighted by Crippen LogP contribution is 2.17. The average Bonchev–Trinajstić information content (AvgIpc) is 2.13. The zero-order valence-corrected chi connectivity index (χ0v) is 7.41. The first kappa shape index (κ1) is 11.4. The molecule has 0 saturated carbocycles. The molecule has 0 aliphatic heterocycles. The second kappa shape index (κ2) is 4.68. The van der Waals surface area contributed by atoms with E-state index in [0.29, 0.717) is 0 Å². The molecule has 0 radical (unpaired) electrons. The Kier molecular flexibility index (Phi) is 3.54. The average molecular weight is 220 g/mol. The molecule has 0 unspecified atom stereocenters. The zero-order chi connectivity index (χ0) is 11.4. The third-order valence-electron chi connectivity index (χ3n) is 1.49. The summed E-state index contributed by atoms with van der Waals surface area (Å²) < 4.78 is 40.8. The highest BCUT2D eigenvalue weighted by atomic mass is 19.3. The van der Waals surface area contributed by atoms with Crippen LogP contribution in [0.2, 0.25) is 0 Å². The van der Waals surface area contributed by atoms with Crippen molar-refractivity contribution >= 4 is 5.97 Å². The lowest BCUT2D eigenvalue weighted by Gasteiger charge is -2.06. The van der Waals surface area contributed by atoms with Crippen LogP contribution >= 0.6 is 0 Å². The van der Waals surface area contributed by atoms with Crippen molar-refractivity contribution in [3.63, 3.8) is 0 Å². The summed E-state index contributed by atoms with van der Waals surface area (Å²) in [6, 6.07) is 2.60. The Bertz CT molecular complexity index is 366. The first-order chi connectivity index (χ1) is 6.99. The van der Waals surface area contributed by atoms with Gasteiger partial charge < -0.3 is 9.84 Å². The van der Waals surface area contributed by atoms with E-state index in [9.17, 15) is 18.0 Å². The summed E-state index contributed by atoms with van der Waals surface area (Å²) >= 11 is 0. The molecule has 3 nitrogen and oxygen atoms in total. The van der Waals surface area contributed by atoms with Crippen LogP contribution in [0.4, 0.5) is 13.2 Å². The van der Waals surface area contributed by atoms with Crippen molar-refractivity contribution in [3.05, 3.63) is 29.6 Å². The van der Waals surface area contributed by atoms with Crippen molar-refractivity contribution in [2.75, 3.05) is 6.61 Å². The summed E-state index contributed by atoms with van der Waals surface area (Å²) in [7, 11) is 0. The number of rotatable bonds is 4. The zero-order valence-electron chi connectivity index (χ0n) is 7.41. The number of benzene rings is 1. The van der Waals surface area contributed by atoms with Gasteiger partial charge in [-0.2, -0.15) is 0 Å². The lowest BCUT2D eigenvalue weighted by molar-refractivity contribution is 0.0694. The second-order valence-electron chi connectivity index (χ2n) is 2.68. The second-order valence-corrected chi connectivity index (χ2v) is 2.68. The van der Waals surface area contributed by atoms with Crippen LogP contribution in [0.25, 0.3) is 0 Å². The predicted octanol–water partition coefficient (Wildman–Crippen LogP) is 2.17. The maximum absolute atomic E-state index is 12.8. The quantitative estimate of drug-likeness (QED) is 0.845. The summed E-state index contributed by atoms with van der Waals surface area (Å²) in [5.74, 6) is -2.43. The molecule has 15 heavy (non-hydrogen) atoms. The van der Waals surface area contributed by atoms with Crippen LogP contribution in [0.1, 0.15) is 10.4 Å². The summed E-state index contributed by atoms with van der Waals surface area (Å²) in [4.78, 5) is 10.5. The van der Waals surface area contributed by atoms with E-state index in [1.54, 1.807) is 0 Å². The van der Waals surface area contributed by atoms with Crippen LogP contribution in [0.5, 0.6) is 5.75 Å². The monoisotopic (exact) mass is 220 g/mol. The number of carboxylic acids is 1. The van der Waals surface area contributed by atoms with Crippen LogP contribution in [-0.2, 0) is 0 Å². The SMILES string of the molecule is O=C(O)c1cc(F)cc(OCC(F)F)c1. The molecular weight excluding hydrogens is 213 g/mol. The van der Waals surface area contributed by atoms with Crippen molar-refractivity contribution < 1.29 is 27.8 Å². The molecule has 0 spiro atoms. The number of alkyl halides is 2. The standard InChI is InChI=1S/C9H7F3O3/c10-6-1-5(9(13)14)2-7(3-6)15-4-8(11)12/h1-3,8H,4H2,(H,13,14). The summed E-state index contributed by atoms with van der Waals surface area (Å²) in [6.45, 7) is -0.900. The molecule has 82 valence electrons. The molecule has 0 atom stereocenters. The number of hydrogen-bond donors (Lipinski definition) is 1. The molecule has 0 aliphatic rings. The van der Waals surface area contributed by atoms with Gasteiger partial charge in [-0.3, -0.25) is 0 Å². The van der Waals surface area contributed by atoms with Gasteiger partial charge in [0.05, 0.1) is 5.56 Å². The minimum Gasteiger partial charge on any atom is -0.488 e. The van der Waals surface area contributed by atoms with Gasteiger partial charge in [0.1, 0.15) is 18.2 Å². The van der Waals surface area contributed by atoms with E-state index in [2.05, 4.69) is 4.74 Å². The van der Waals surface area contributed by atoms with Crippen LogP contribution in [0.15, 0.2) is 18.2 Å². The van der Waals surface area contributed by atoms with E-state index in [-0.39, 0.29) is 11.3 Å². The lowest BCUT2D eigenvalue weighted by Crippen LogP contribution is -2.08. The molecule has 0 amide bonds. The molecule has 1 aromatic carbocycles. The molecule has 0 fully saturated rings. The van der Waals surface area contributed by atoms with Crippen molar-refractivity contribution in [1.82, 2.24) is 0 Å². The third kappa shape index (κ3) is 3.49. The van der Waals surface area contributed by atoms with E-state index < -0.39 is 24.8 Å². The number of ether oxygens (including phenoxy) is 1. The molecule has 1 rings (SSSR count). The number of aromatic carboxylic acids is 1. The van der Waals surface area contributed by atoms with Gasteiger partial charge in [0.15, 0.2) is 0 Å². The minimum atomic E-state index is -2.69. The summed E-state index contributed by atoms with van der Waals surface area (Å²) in [6.07, 6.45) is -2.69. The van der Waals surface area contributed by atoms with Crippen LogP contribution < -0.4 is 4.74 Å². The van der Waals surface area contributed by atoms with Crippen LogP contribution in [0.3, 0.4) is 0 Å². The molecule has 1 aromatic rings. The Labute approximate surface area is 83.1 Å². The molecule has 0 aliphatic carbocycles. The minimum absolute atomic E-state index is 0.229. The van der Waals surface area contributed by atoms with Crippen molar-refractivity contribution in [3.8, 4) is 5.75 Å². The predicted molar refractivity (Wildman–Crippen MR) is 44.9 cm³/mol. The fourth-order valence-electron chi connectivity index (χ4n) is 0.929. The van der Waals surface area contributed by atoms with Gasteiger partial charge in [-0.05, 0) is 12.1 Å². The number of carboxylic acid groups (broad SMARTS) is 1. The first-order valence-electron chi connectivity index (χ1n) is 3.94. The highest BCUT2D eigenvalue weighted by Gasteiger charge is 2.09. The normalized spacial score (nSPS) is 10.4. The van der Waals surface area contributed by atoms with Gasteiger partial charge >= 0.3 is 5.97 Å². The molecule has 0 heterocycles. The maximum Gasteiger partial charge on any atom is 0.335 e. The molecule has 6 heteroatoms. The number of carbonyl (C=O) groups is 1. The maximum atomic E-state index is 12.8. The van der Waals surface area contributed by atoms with Gasteiger partial charge in [0.2, 0.25) is 0 Å². The van der Waals surface area contributed by atoms with E-state index in [0.717, 1.165) is 18.2 Å². The Hall–Kier alpha value is -1.72. The fourth-order valence-corrected chi connectivity index (χ4v) is 0.929. The van der Waals surface area contributed by atoms with E-state index in [4.69, 9.17) is 5.11 Å². The first-order valence-corrected chi connectivity index (χ1v) is 3.94. The Morgan fingerprint density at radius 3 is 2.60 bits per heavy atom. The van der Waals surface area contributed by atoms with E-state index in [1.807, 2.05) is 0 Å². The Morgan fingerprint density at radius 1 is 1.40 bits per heavy atom. The molecule has 1 N–H and O–H groups in total. The molecule has 0 saturated heterocycles. The molecule has 0 aromatic heterocycles. The summed E-state index contributed by atoms with van der Waals surface area (Å²) in [5.41, 5.74) is -0.348. The number of hydrogen-bond acceptors (Lipinski definition) is 2. The van der Waals surface area contributed by atoms with Crippen LogP contribution in [0, 0.1) is 5.82 Å². The van der Waals surface area contributed by atoms with Gasteiger partial charge in [-0.15, -0.1) is 0 Å². The van der Waals surface area contributed by atoms with Crippen molar-refractivity contribution in [1.29, 1.82) is 0 Å². The topological polar surface area (TPSA) is 46.5 Å². The van der Waals surface area contributed by atoms with Crippen molar-refractivity contribution in [2.24, 2.45) is 0 Å². The Morgan fingerprint density at radius 2 is 2.07 bits per heavy atom. The van der Waals surface area contributed by atoms with E-state index in [1.165, 1.54) is 0 Å². The highest BCUT2D eigenvalue weighted by molar-refractivity contribution is 5.88. The summed E-state index contributed by atoms with van der Waals surface area (Å²) in [5, 5.41) is 8.54. The van der Waals surface area contributed by atoms with Gasteiger partial charge in [-0.1, -0.05) is 0 Å². The largest absolute Gasteiger partial charge is 0.488 e. The number of halogens is 3. The third-order valence-corrected chi connectivity index (χ3v) is 1.49. The molecule has 0 bridgehead atoms. The van der Waals surface area contributed by atoms with Gasteiger partial charge in [0, 0.05) is 6.07 Å². The molecular formula is C9H7F3O3. The van der Waals surface area contributed by atoms with E-state index >= 15 is 0 Å². The Balaban J connectivity index is 2.84. The fraction of sp³-hybridized carbons (Fsp3) is 0.222. The van der Waals surface area contributed by atoms with Crippen LogP contribution in [-0.4, -0.2) is 24.1 Å². The van der Waals surface area contributed by atoms with Crippen molar-refractivity contribution in [2.45, 2.75) is 6.43 Å². The van der Waals surface area contributed by atoms with Gasteiger partial charge in [-0.25, -0.2) is 18.0 Å². The smallest absolute Gasteiger partial charge is 0.335 e. The van der Waals surface area contributed by atoms with Gasteiger partial charge in [0.25, 0.3) is 6.43 Å². The lowest BCUT2D eigenvalue weighted by atomic mass is 10.2.